The van der Waals surface area contributed by atoms with Crippen molar-refractivity contribution in [2.24, 2.45) is 10.9 Å². The van der Waals surface area contributed by atoms with Gasteiger partial charge in [0.15, 0.2) is 5.96 Å². The summed E-state index contributed by atoms with van der Waals surface area (Å²) in [5.41, 5.74) is -0.357. The largest absolute Gasteiger partial charge is 0.342 e. The molecule has 1 amide bonds. The van der Waals surface area contributed by atoms with E-state index in [0.29, 0.717) is 11.9 Å². The topological polar surface area (TPSA) is 53.5 Å². The van der Waals surface area contributed by atoms with Gasteiger partial charge in [0.25, 0.3) is 5.91 Å². The summed E-state index contributed by atoms with van der Waals surface area (Å²) in [7, 11) is 0. The van der Waals surface area contributed by atoms with Crippen LogP contribution in [-0.2, 0) is 4.79 Å². The van der Waals surface area contributed by atoms with Gasteiger partial charge in [-0.3, -0.25) is 15.1 Å². The van der Waals surface area contributed by atoms with Gasteiger partial charge in [0.05, 0.1) is 0 Å². The monoisotopic (exact) mass is 223 g/mol. The van der Waals surface area contributed by atoms with Crippen molar-refractivity contribution in [2.75, 3.05) is 6.54 Å². The molecule has 2 unspecified atom stereocenters. The van der Waals surface area contributed by atoms with Crippen molar-refractivity contribution in [3.8, 4) is 0 Å². The highest BCUT2D eigenvalue weighted by molar-refractivity contribution is 6.09. The molecule has 2 fully saturated rings. The Morgan fingerprint density at radius 1 is 1.56 bits per heavy atom. The van der Waals surface area contributed by atoms with E-state index in [-0.39, 0.29) is 11.4 Å². The van der Waals surface area contributed by atoms with E-state index in [1.165, 1.54) is 6.42 Å². The molecule has 16 heavy (non-hydrogen) atoms. The molecule has 2 aliphatic rings. The summed E-state index contributed by atoms with van der Waals surface area (Å²) in [6.45, 7) is 5.07. The number of rotatable bonds is 2. The van der Waals surface area contributed by atoms with Crippen molar-refractivity contribution in [2.45, 2.75) is 51.5 Å². The second-order valence-corrected chi connectivity index (χ2v) is 5.09. The fourth-order valence-corrected chi connectivity index (χ4v) is 2.72. The molecule has 90 valence electrons. The van der Waals surface area contributed by atoms with Crippen LogP contribution in [0.25, 0.3) is 0 Å². The molecule has 2 rings (SSSR count). The van der Waals surface area contributed by atoms with Crippen LogP contribution in [0.3, 0.4) is 0 Å². The van der Waals surface area contributed by atoms with Gasteiger partial charge in [-0.2, -0.15) is 0 Å². The normalized spacial score (nSPS) is 36.5. The van der Waals surface area contributed by atoms with Gasteiger partial charge in [0, 0.05) is 6.54 Å². The van der Waals surface area contributed by atoms with E-state index >= 15 is 0 Å². The maximum atomic E-state index is 12.0. The molecule has 0 radical (unpaired) electrons. The Hall–Kier alpha value is -1.06. The molecule has 1 aliphatic heterocycles. The average Bonchev–Trinajstić information content (AvgIpc) is 2.53. The molecule has 0 bridgehead atoms. The van der Waals surface area contributed by atoms with Crippen molar-refractivity contribution in [3.05, 3.63) is 0 Å². The number of nitrogens with zero attached hydrogens (tertiary/aromatic N) is 1. The Bertz CT molecular complexity index is 313. The van der Waals surface area contributed by atoms with Crippen LogP contribution in [-0.4, -0.2) is 24.0 Å². The number of guanidine groups is 1. The number of aliphatic imine (C=N–C) groups is 1. The first-order valence-electron chi connectivity index (χ1n) is 6.30. The molecular formula is C12H21N3O. The van der Waals surface area contributed by atoms with Gasteiger partial charge in [-0.05, 0) is 25.2 Å². The van der Waals surface area contributed by atoms with Crippen molar-refractivity contribution in [1.82, 2.24) is 10.6 Å². The highest BCUT2D eigenvalue weighted by Crippen LogP contribution is 2.34. The molecule has 4 nitrogen and oxygen atoms in total. The van der Waals surface area contributed by atoms with Gasteiger partial charge in [-0.25, -0.2) is 0 Å². The fraction of sp³-hybridized carbons (Fsp3) is 0.833. The summed E-state index contributed by atoms with van der Waals surface area (Å²) in [5.74, 6) is 1.42. The van der Waals surface area contributed by atoms with Crippen molar-refractivity contribution in [3.63, 3.8) is 0 Å². The molecule has 4 heteroatoms. The summed E-state index contributed by atoms with van der Waals surface area (Å²) in [5, 5.41) is 6.18. The van der Waals surface area contributed by atoms with E-state index in [9.17, 15) is 4.79 Å². The van der Waals surface area contributed by atoms with E-state index in [2.05, 4.69) is 29.5 Å². The van der Waals surface area contributed by atoms with Crippen LogP contribution in [0.4, 0.5) is 0 Å². The summed E-state index contributed by atoms with van der Waals surface area (Å²) in [6.07, 6.45) is 5.24. The second-order valence-electron chi connectivity index (χ2n) is 5.09. The maximum absolute atomic E-state index is 12.0. The Morgan fingerprint density at radius 2 is 2.38 bits per heavy atom. The zero-order valence-corrected chi connectivity index (χ0v) is 10.2. The molecule has 1 spiro atoms. The van der Waals surface area contributed by atoms with E-state index in [4.69, 9.17) is 0 Å². The summed E-state index contributed by atoms with van der Waals surface area (Å²) in [4.78, 5) is 16.4. The minimum Gasteiger partial charge on any atom is -0.342 e. The molecule has 1 saturated heterocycles. The first-order valence-corrected chi connectivity index (χ1v) is 6.30. The maximum Gasteiger partial charge on any atom is 0.252 e. The number of carbonyl (C=O) groups excluding carboxylic acids is 1. The van der Waals surface area contributed by atoms with Gasteiger partial charge in [0.2, 0.25) is 0 Å². The highest BCUT2D eigenvalue weighted by atomic mass is 16.2. The molecule has 0 aromatic heterocycles. The molecule has 2 N–H and O–H groups in total. The van der Waals surface area contributed by atoms with Crippen LogP contribution in [0.15, 0.2) is 4.99 Å². The lowest BCUT2D eigenvalue weighted by Gasteiger charge is -2.34. The smallest absolute Gasteiger partial charge is 0.252 e. The quantitative estimate of drug-likeness (QED) is 0.744. The Morgan fingerprint density at radius 3 is 3.06 bits per heavy atom. The third-order valence-electron chi connectivity index (χ3n) is 3.52. The summed E-state index contributed by atoms with van der Waals surface area (Å²) < 4.78 is 0. The summed E-state index contributed by atoms with van der Waals surface area (Å²) in [6, 6.07) is 0. The van der Waals surface area contributed by atoms with E-state index in [1.807, 2.05) is 0 Å². The van der Waals surface area contributed by atoms with Crippen LogP contribution in [0.1, 0.15) is 46.0 Å². The molecular weight excluding hydrogens is 202 g/mol. The van der Waals surface area contributed by atoms with E-state index < -0.39 is 0 Å². The standard InChI is InChI=1S/C12H21N3O/c1-3-7-13-11-14-10(16)12(15-11)6-4-5-9(2)8-12/h9H,3-8H2,1-2H3,(H2,13,14,15,16). The molecule has 0 aromatic carbocycles. The SMILES string of the molecule is CCCN=C1NC(=O)C2(CCCC(C)C2)N1. The van der Waals surface area contributed by atoms with E-state index in [1.54, 1.807) is 0 Å². The van der Waals surface area contributed by atoms with Crippen LogP contribution in [0.5, 0.6) is 0 Å². The number of hydrogen-bond acceptors (Lipinski definition) is 2. The molecule has 1 aliphatic carbocycles. The lowest BCUT2D eigenvalue weighted by molar-refractivity contribution is -0.125. The predicted molar refractivity (Wildman–Crippen MR) is 64.2 cm³/mol. The summed E-state index contributed by atoms with van der Waals surface area (Å²) >= 11 is 0. The third-order valence-corrected chi connectivity index (χ3v) is 3.52. The lowest BCUT2D eigenvalue weighted by Crippen LogP contribution is -2.50. The van der Waals surface area contributed by atoms with Gasteiger partial charge in [-0.1, -0.05) is 26.7 Å². The zero-order valence-electron chi connectivity index (χ0n) is 10.2. The fourth-order valence-electron chi connectivity index (χ4n) is 2.72. The molecule has 2 atom stereocenters. The number of hydrogen-bond donors (Lipinski definition) is 2. The molecule has 1 heterocycles. The lowest BCUT2D eigenvalue weighted by atomic mass is 9.76. The van der Waals surface area contributed by atoms with Crippen LogP contribution in [0.2, 0.25) is 0 Å². The van der Waals surface area contributed by atoms with Crippen molar-refractivity contribution < 1.29 is 4.79 Å². The third kappa shape index (κ3) is 2.06. The first kappa shape index (κ1) is 11.4. The Labute approximate surface area is 96.9 Å². The van der Waals surface area contributed by atoms with Gasteiger partial charge < -0.3 is 5.32 Å². The average molecular weight is 223 g/mol. The number of carbonyl (C=O) groups is 1. The van der Waals surface area contributed by atoms with Gasteiger partial charge >= 0.3 is 0 Å². The number of nitrogens with one attached hydrogen (secondary N) is 2. The van der Waals surface area contributed by atoms with Gasteiger partial charge in [-0.15, -0.1) is 0 Å². The van der Waals surface area contributed by atoms with E-state index in [0.717, 1.165) is 32.2 Å². The zero-order chi connectivity index (χ0) is 11.6. The molecule has 0 aromatic rings. The van der Waals surface area contributed by atoms with Crippen LogP contribution in [0, 0.1) is 5.92 Å². The minimum absolute atomic E-state index is 0.119. The van der Waals surface area contributed by atoms with Crippen LogP contribution < -0.4 is 10.6 Å². The number of amides is 1. The predicted octanol–water partition coefficient (Wildman–Crippen LogP) is 1.42. The van der Waals surface area contributed by atoms with Crippen molar-refractivity contribution >= 4 is 11.9 Å². The van der Waals surface area contributed by atoms with Crippen molar-refractivity contribution in [1.29, 1.82) is 0 Å². The first-order chi connectivity index (χ1) is 7.66. The minimum atomic E-state index is -0.357. The second kappa shape index (κ2) is 4.44. The van der Waals surface area contributed by atoms with Crippen LogP contribution >= 0.6 is 0 Å². The van der Waals surface area contributed by atoms with Gasteiger partial charge in [0.1, 0.15) is 5.54 Å². The highest BCUT2D eigenvalue weighted by Gasteiger charge is 2.46. The molecule has 1 saturated carbocycles. The Kier molecular flexibility index (Phi) is 3.17. The Balaban J connectivity index is 2.08.